The molecule has 0 spiro atoms. The minimum absolute atomic E-state index is 0.139. The summed E-state index contributed by atoms with van der Waals surface area (Å²) in [5, 5.41) is 0. The van der Waals surface area contributed by atoms with Crippen molar-refractivity contribution in [3.63, 3.8) is 0 Å². The summed E-state index contributed by atoms with van der Waals surface area (Å²) in [6.07, 6.45) is 2.03. The molecule has 76 valence electrons. The Kier molecular flexibility index (Phi) is 2.31. The Morgan fingerprint density at radius 2 is 1.85 bits per heavy atom. The molecule has 0 radical (unpaired) electrons. The second-order valence-electron chi connectivity index (χ2n) is 5.74. The summed E-state index contributed by atoms with van der Waals surface area (Å²) in [5.41, 5.74) is -0.213. The molecule has 1 aliphatic rings. The lowest BCUT2D eigenvalue weighted by atomic mass is 9.98. The Bertz CT molecular complexity index is 213. The average molecular weight is 184 g/mol. The second kappa shape index (κ2) is 2.81. The van der Waals surface area contributed by atoms with Gasteiger partial charge in [-0.1, -0.05) is 13.8 Å². The van der Waals surface area contributed by atoms with E-state index in [1.165, 1.54) is 0 Å². The molecule has 1 fully saturated rings. The Morgan fingerprint density at radius 3 is 2.08 bits per heavy atom. The van der Waals surface area contributed by atoms with Gasteiger partial charge in [0.05, 0.1) is 17.6 Å². The zero-order valence-corrected chi connectivity index (χ0v) is 9.31. The number of ether oxygens (including phenoxy) is 1. The lowest BCUT2D eigenvalue weighted by molar-refractivity contribution is -0.118. The molecule has 13 heavy (non-hydrogen) atoms. The van der Waals surface area contributed by atoms with Crippen molar-refractivity contribution in [3.8, 4) is 0 Å². The Morgan fingerprint density at radius 1 is 1.38 bits per heavy atom. The summed E-state index contributed by atoms with van der Waals surface area (Å²) in [6, 6.07) is 0. The van der Waals surface area contributed by atoms with Crippen molar-refractivity contribution < 1.29 is 9.53 Å². The standard InChI is InChI=1S/C11H20O2/c1-9(2,3)13-8-11(7-12)6-10(11,4)5/h7H,6,8H2,1-5H3. The maximum Gasteiger partial charge on any atom is 0.129 e. The fourth-order valence-electron chi connectivity index (χ4n) is 1.57. The highest BCUT2D eigenvalue weighted by Crippen LogP contribution is 2.62. The maximum absolute atomic E-state index is 10.9. The van der Waals surface area contributed by atoms with Crippen molar-refractivity contribution >= 4 is 6.29 Å². The van der Waals surface area contributed by atoms with Gasteiger partial charge in [0.25, 0.3) is 0 Å². The van der Waals surface area contributed by atoms with Crippen LogP contribution in [0.15, 0.2) is 0 Å². The van der Waals surface area contributed by atoms with Crippen LogP contribution in [-0.2, 0) is 9.53 Å². The zero-order valence-electron chi connectivity index (χ0n) is 9.31. The molecule has 1 rings (SSSR count). The monoisotopic (exact) mass is 184 g/mol. The summed E-state index contributed by atoms with van der Waals surface area (Å²) in [7, 11) is 0. The highest BCUT2D eigenvalue weighted by Gasteiger charge is 2.61. The van der Waals surface area contributed by atoms with Gasteiger partial charge in [-0.25, -0.2) is 0 Å². The van der Waals surface area contributed by atoms with E-state index in [-0.39, 0.29) is 16.4 Å². The van der Waals surface area contributed by atoms with E-state index in [0.717, 1.165) is 12.7 Å². The average Bonchev–Trinajstić information content (AvgIpc) is 2.49. The Balaban J connectivity index is 2.50. The van der Waals surface area contributed by atoms with E-state index >= 15 is 0 Å². The van der Waals surface area contributed by atoms with Crippen LogP contribution in [0.3, 0.4) is 0 Å². The van der Waals surface area contributed by atoms with Gasteiger partial charge in [0.1, 0.15) is 6.29 Å². The highest BCUT2D eigenvalue weighted by molar-refractivity contribution is 5.66. The smallest absolute Gasteiger partial charge is 0.129 e. The molecule has 0 aromatic heterocycles. The molecule has 0 saturated heterocycles. The molecule has 1 saturated carbocycles. The molecule has 0 N–H and O–H groups in total. The van der Waals surface area contributed by atoms with E-state index in [1.54, 1.807) is 0 Å². The molecule has 0 aromatic carbocycles. The quantitative estimate of drug-likeness (QED) is 0.630. The topological polar surface area (TPSA) is 26.3 Å². The van der Waals surface area contributed by atoms with Gasteiger partial charge in [0.15, 0.2) is 0 Å². The van der Waals surface area contributed by atoms with Gasteiger partial charge >= 0.3 is 0 Å². The van der Waals surface area contributed by atoms with Crippen molar-refractivity contribution in [2.24, 2.45) is 10.8 Å². The highest BCUT2D eigenvalue weighted by atomic mass is 16.5. The molecule has 2 heteroatoms. The fraction of sp³-hybridized carbons (Fsp3) is 0.909. The van der Waals surface area contributed by atoms with Gasteiger partial charge in [0, 0.05) is 0 Å². The molecule has 2 nitrogen and oxygen atoms in total. The van der Waals surface area contributed by atoms with Crippen LogP contribution in [-0.4, -0.2) is 18.5 Å². The number of carbonyl (C=O) groups excluding carboxylic acids is 1. The van der Waals surface area contributed by atoms with Gasteiger partial charge < -0.3 is 9.53 Å². The van der Waals surface area contributed by atoms with Crippen molar-refractivity contribution in [2.45, 2.75) is 46.6 Å². The van der Waals surface area contributed by atoms with Gasteiger partial charge in [0.2, 0.25) is 0 Å². The third kappa shape index (κ3) is 2.11. The molecule has 1 aliphatic carbocycles. The van der Waals surface area contributed by atoms with E-state index in [0.29, 0.717) is 6.61 Å². The largest absolute Gasteiger partial charge is 0.375 e. The fourth-order valence-corrected chi connectivity index (χ4v) is 1.57. The lowest BCUT2D eigenvalue weighted by Crippen LogP contribution is -2.27. The molecular formula is C11H20O2. The summed E-state index contributed by atoms with van der Waals surface area (Å²) >= 11 is 0. The first-order valence-corrected chi connectivity index (χ1v) is 4.83. The minimum Gasteiger partial charge on any atom is -0.375 e. The van der Waals surface area contributed by atoms with E-state index in [4.69, 9.17) is 4.74 Å². The van der Waals surface area contributed by atoms with Crippen molar-refractivity contribution in [2.75, 3.05) is 6.61 Å². The summed E-state index contributed by atoms with van der Waals surface area (Å²) in [4.78, 5) is 10.9. The second-order valence-corrected chi connectivity index (χ2v) is 5.74. The molecule has 1 unspecified atom stereocenters. The zero-order chi connectivity index (χ0) is 10.3. The molecule has 1 atom stereocenters. The first-order chi connectivity index (χ1) is 5.72. The van der Waals surface area contributed by atoms with E-state index in [9.17, 15) is 4.79 Å². The van der Waals surface area contributed by atoms with Crippen LogP contribution in [0.1, 0.15) is 41.0 Å². The molecule has 0 aliphatic heterocycles. The molecule has 0 aromatic rings. The minimum atomic E-state index is -0.208. The first kappa shape index (κ1) is 10.7. The molecule has 0 amide bonds. The molecular weight excluding hydrogens is 164 g/mol. The van der Waals surface area contributed by atoms with Gasteiger partial charge in [-0.15, -0.1) is 0 Å². The summed E-state index contributed by atoms with van der Waals surface area (Å²) in [5.74, 6) is 0. The Labute approximate surface area is 80.7 Å². The van der Waals surface area contributed by atoms with Gasteiger partial charge in [-0.2, -0.15) is 0 Å². The lowest BCUT2D eigenvalue weighted by Gasteiger charge is -2.23. The normalized spacial score (nSPS) is 31.5. The van der Waals surface area contributed by atoms with Gasteiger partial charge in [-0.05, 0) is 32.6 Å². The van der Waals surface area contributed by atoms with Crippen LogP contribution in [0.25, 0.3) is 0 Å². The van der Waals surface area contributed by atoms with Crippen LogP contribution in [0.4, 0.5) is 0 Å². The number of rotatable bonds is 3. The van der Waals surface area contributed by atoms with Crippen molar-refractivity contribution in [3.05, 3.63) is 0 Å². The number of hydrogen-bond donors (Lipinski definition) is 0. The third-order valence-electron chi connectivity index (χ3n) is 2.97. The van der Waals surface area contributed by atoms with E-state index < -0.39 is 0 Å². The van der Waals surface area contributed by atoms with Crippen LogP contribution in [0.2, 0.25) is 0 Å². The summed E-state index contributed by atoms with van der Waals surface area (Å²) in [6.45, 7) is 10.8. The van der Waals surface area contributed by atoms with Gasteiger partial charge in [-0.3, -0.25) is 0 Å². The van der Waals surface area contributed by atoms with Crippen molar-refractivity contribution in [1.29, 1.82) is 0 Å². The molecule has 0 heterocycles. The molecule has 0 bridgehead atoms. The number of hydrogen-bond acceptors (Lipinski definition) is 2. The van der Waals surface area contributed by atoms with Crippen LogP contribution < -0.4 is 0 Å². The predicted octanol–water partition coefficient (Wildman–Crippen LogP) is 2.42. The SMILES string of the molecule is CC(C)(C)OCC1(C=O)CC1(C)C. The first-order valence-electron chi connectivity index (χ1n) is 4.83. The maximum atomic E-state index is 10.9. The van der Waals surface area contributed by atoms with E-state index in [1.807, 2.05) is 20.8 Å². The number of carbonyl (C=O) groups is 1. The number of aldehydes is 1. The summed E-state index contributed by atoms with van der Waals surface area (Å²) < 4.78 is 5.65. The predicted molar refractivity (Wildman–Crippen MR) is 52.6 cm³/mol. The van der Waals surface area contributed by atoms with Crippen LogP contribution in [0.5, 0.6) is 0 Å². The third-order valence-corrected chi connectivity index (χ3v) is 2.97. The van der Waals surface area contributed by atoms with E-state index in [2.05, 4.69) is 13.8 Å². The van der Waals surface area contributed by atoms with Crippen molar-refractivity contribution in [1.82, 2.24) is 0 Å². The van der Waals surface area contributed by atoms with Crippen LogP contribution >= 0.6 is 0 Å². The van der Waals surface area contributed by atoms with Crippen LogP contribution in [0, 0.1) is 10.8 Å². The Hall–Kier alpha value is -0.370.